The van der Waals surface area contributed by atoms with Gasteiger partial charge in [0.25, 0.3) is 0 Å². The summed E-state index contributed by atoms with van der Waals surface area (Å²) in [6.07, 6.45) is 10.3. The number of piperazine rings is 1. The Balaban J connectivity index is 1.12. The highest BCUT2D eigenvalue weighted by atomic mass is 35.5. The minimum Gasteiger partial charge on any atom is -0.508 e. The Labute approximate surface area is 297 Å². The Bertz CT molecular complexity index is 2090. The molecule has 260 valence electrons. The van der Waals surface area contributed by atoms with Gasteiger partial charge in [-0.05, 0) is 73.4 Å². The van der Waals surface area contributed by atoms with E-state index in [1.807, 2.05) is 6.92 Å². The summed E-state index contributed by atoms with van der Waals surface area (Å²) in [5.41, 5.74) is 3.17. The zero-order chi connectivity index (χ0) is 34.6. The number of phenols is 1. The van der Waals surface area contributed by atoms with E-state index in [1.54, 1.807) is 18.2 Å². The molecule has 8 nitrogen and oxygen atoms in total. The molecule has 50 heavy (non-hydrogen) atoms. The summed E-state index contributed by atoms with van der Waals surface area (Å²) in [4.78, 5) is 15.0. The van der Waals surface area contributed by atoms with E-state index in [2.05, 4.69) is 41.0 Å². The van der Waals surface area contributed by atoms with E-state index < -0.39 is 5.82 Å². The number of anilines is 1. The summed E-state index contributed by atoms with van der Waals surface area (Å²) in [5, 5.41) is 16.9. The van der Waals surface area contributed by atoms with Gasteiger partial charge in [0.1, 0.15) is 17.4 Å². The van der Waals surface area contributed by atoms with Crippen molar-refractivity contribution in [2.45, 2.75) is 58.5 Å². The zero-order valence-corrected chi connectivity index (χ0v) is 29.7. The highest BCUT2D eigenvalue weighted by molar-refractivity contribution is 6.39. The van der Waals surface area contributed by atoms with Crippen LogP contribution in [0.5, 0.6) is 11.8 Å². The van der Waals surface area contributed by atoms with Gasteiger partial charge in [0.15, 0.2) is 0 Å². The summed E-state index contributed by atoms with van der Waals surface area (Å²) in [7, 11) is 0. The van der Waals surface area contributed by atoms with E-state index in [0.29, 0.717) is 57.1 Å². The van der Waals surface area contributed by atoms with Crippen LogP contribution in [-0.4, -0.2) is 84.6 Å². The van der Waals surface area contributed by atoms with Crippen molar-refractivity contribution in [3.63, 3.8) is 0 Å². The smallest absolute Gasteiger partial charge is 0.319 e. The summed E-state index contributed by atoms with van der Waals surface area (Å²) < 4.78 is 27.5. The van der Waals surface area contributed by atoms with Gasteiger partial charge in [-0.1, -0.05) is 37.4 Å². The van der Waals surface area contributed by atoms with Crippen LogP contribution in [0.1, 0.15) is 50.7 Å². The number of aromatic hydroxyl groups is 1. The van der Waals surface area contributed by atoms with Gasteiger partial charge < -0.3 is 29.7 Å². The fourth-order valence-electron chi connectivity index (χ4n) is 9.38. The minimum absolute atomic E-state index is 0.0354. The monoisotopic (exact) mass is 695 g/mol. The van der Waals surface area contributed by atoms with Crippen molar-refractivity contribution in [3.05, 3.63) is 52.3 Å². The Morgan fingerprint density at radius 3 is 2.50 bits per heavy atom. The van der Waals surface area contributed by atoms with E-state index in [1.165, 1.54) is 6.07 Å². The van der Waals surface area contributed by atoms with Gasteiger partial charge in [-0.3, -0.25) is 0 Å². The van der Waals surface area contributed by atoms with Crippen LogP contribution in [0.15, 0.2) is 30.3 Å². The molecule has 0 amide bonds. The second-order valence-electron chi connectivity index (χ2n) is 16.4. The second kappa shape index (κ2) is 11.4. The van der Waals surface area contributed by atoms with Gasteiger partial charge in [-0.15, -0.1) is 6.42 Å². The number of aromatic nitrogens is 2. The number of nitrogens with zero attached hydrogens (tertiary/aromatic N) is 4. The van der Waals surface area contributed by atoms with Crippen LogP contribution in [-0.2, 0) is 4.74 Å². The summed E-state index contributed by atoms with van der Waals surface area (Å²) in [6.45, 7) is 13.6. The number of likely N-dealkylation sites (tertiary alicyclic amines) is 1. The van der Waals surface area contributed by atoms with E-state index in [9.17, 15) is 5.11 Å². The van der Waals surface area contributed by atoms with Crippen molar-refractivity contribution in [3.8, 4) is 35.2 Å². The molecule has 10 heteroatoms. The van der Waals surface area contributed by atoms with Crippen LogP contribution in [0, 0.1) is 41.3 Å². The maximum absolute atomic E-state index is 15.1. The number of rotatable bonds is 7. The lowest BCUT2D eigenvalue weighted by atomic mass is 9.71. The second-order valence-corrected chi connectivity index (χ2v) is 16.7. The standard InChI is InChI=1S/C40H43ClFN5O3/c1-5-28-31(42)9-6-24-13-27(48)14-29(33(24)28)32-23(2)12-30-35(34(32)41)44-37(45-36(30)47-15-25-7-8-26(16-47)43-25)50-22-40(10-11-40)19-46-17-38(3)20-49-21-39(38,4)18-46/h1,6,9,12-14,25-26,43,48H,7-8,10-11,15-22H2,2-4H3/t25?,26?,38-,39+. The molecule has 2 unspecified atom stereocenters. The predicted molar refractivity (Wildman–Crippen MR) is 195 cm³/mol. The van der Waals surface area contributed by atoms with Crippen molar-refractivity contribution in [2.24, 2.45) is 16.2 Å². The molecule has 5 aliphatic rings. The Hall–Kier alpha value is -3.68. The molecule has 1 aromatic heterocycles. The minimum atomic E-state index is -0.502. The highest BCUT2D eigenvalue weighted by Gasteiger charge is 2.57. The van der Waals surface area contributed by atoms with E-state index in [-0.39, 0.29) is 27.6 Å². The van der Waals surface area contributed by atoms with E-state index in [0.717, 1.165) is 88.4 Å². The topological polar surface area (TPSA) is 83.0 Å². The van der Waals surface area contributed by atoms with Crippen molar-refractivity contribution in [1.29, 1.82) is 0 Å². The number of terminal acetylenes is 1. The normalized spacial score (nSPS) is 28.4. The average molecular weight is 696 g/mol. The molecular formula is C40H43ClFN5O3. The van der Waals surface area contributed by atoms with Crippen LogP contribution >= 0.6 is 11.6 Å². The third kappa shape index (κ3) is 5.13. The van der Waals surface area contributed by atoms with Gasteiger partial charge in [0, 0.05) is 77.4 Å². The van der Waals surface area contributed by atoms with Crippen molar-refractivity contribution in [2.75, 3.05) is 57.4 Å². The molecule has 5 heterocycles. The van der Waals surface area contributed by atoms with Gasteiger partial charge in [0.2, 0.25) is 0 Å². The van der Waals surface area contributed by atoms with Gasteiger partial charge in [-0.2, -0.15) is 9.97 Å². The van der Waals surface area contributed by atoms with Crippen molar-refractivity contribution < 1.29 is 19.0 Å². The maximum atomic E-state index is 15.1. The number of nitrogens with one attached hydrogen (secondary N) is 1. The van der Waals surface area contributed by atoms with E-state index >= 15 is 4.39 Å². The van der Waals surface area contributed by atoms with Crippen molar-refractivity contribution >= 4 is 39.1 Å². The first-order valence-electron chi connectivity index (χ1n) is 17.8. The molecule has 4 aliphatic heterocycles. The predicted octanol–water partition coefficient (Wildman–Crippen LogP) is 6.70. The molecule has 4 saturated heterocycles. The lowest BCUT2D eigenvalue weighted by Crippen LogP contribution is -2.51. The largest absolute Gasteiger partial charge is 0.508 e. The van der Waals surface area contributed by atoms with Crippen LogP contribution in [0.25, 0.3) is 32.8 Å². The first-order valence-corrected chi connectivity index (χ1v) is 18.2. The number of hydrogen-bond donors (Lipinski definition) is 2. The van der Waals surface area contributed by atoms with Crippen LogP contribution in [0.2, 0.25) is 5.02 Å². The third-order valence-corrected chi connectivity index (χ3v) is 12.9. The number of fused-ring (bicyclic) bond motifs is 5. The molecule has 4 aromatic rings. The molecule has 2 N–H and O–H groups in total. The molecule has 5 fully saturated rings. The number of aryl methyl sites for hydroxylation is 1. The molecule has 0 spiro atoms. The quantitative estimate of drug-likeness (QED) is 0.207. The zero-order valence-electron chi connectivity index (χ0n) is 28.9. The molecule has 1 saturated carbocycles. The lowest BCUT2D eigenvalue weighted by Gasteiger charge is -2.34. The Kier molecular flexibility index (Phi) is 7.36. The molecular weight excluding hydrogens is 653 g/mol. The van der Waals surface area contributed by atoms with E-state index in [4.69, 9.17) is 37.5 Å². The third-order valence-electron chi connectivity index (χ3n) is 12.5. The summed E-state index contributed by atoms with van der Waals surface area (Å²) in [5.74, 6) is 2.88. The highest BCUT2D eigenvalue weighted by Crippen LogP contribution is 2.54. The Morgan fingerprint density at radius 1 is 1.10 bits per heavy atom. The fourth-order valence-corrected chi connectivity index (χ4v) is 9.78. The summed E-state index contributed by atoms with van der Waals surface area (Å²) in [6, 6.07) is 9.32. The van der Waals surface area contributed by atoms with Gasteiger partial charge in [-0.25, -0.2) is 4.39 Å². The molecule has 4 atom stereocenters. The lowest BCUT2D eigenvalue weighted by molar-refractivity contribution is 0.112. The molecule has 9 rings (SSSR count). The average Bonchev–Trinajstić information content (AvgIpc) is 3.58. The number of phenolic OH excluding ortho intramolecular Hbond substituents is 1. The number of halogens is 2. The molecule has 1 aliphatic carbocycles. The fraction of sp³-hybridized carbons (Fsp3) is 0.500. The van der Waals surface area contributed by atoms with Crippen LogP contribution < -0.4 is 15.0 Å². The van der Waals surface area contributed by atoms with Gasteiger partial charge in [0.05, 0.1) is 35.9 Å². The first-order chi connectivity index (χ1) is 24.0. The Morgan fingerprint density at radius 2 is 1.82 bits per heavy atom. The molecule has 2 bridgehead atoms. The summed E-state index contributed by atoms with van der Waals surface area (Å²) >= 11 is 7.39. The first kappa shape index (κ1) is 32.2. The van der Waals surface area contributed by atoms with Crippen LogP contribution in [0.3, 0.4) is 0 Å². The number of benzene rings is 3. The van der Waals surface area contributed by atoms with Crippen LogP contribution in [0.4, 0.5) is 10.2 Å². The molecule has 3 aromatic carbocycles. The SMILES string of the molecule is C#Cc1c(F)ccc2cc(O)cc(-c3c(C)cc4c(N5CC6CCC(C5)N6)nc(OCC5(CN6C[C@]7(C)COC[C@]7(C)C6)CC5)nc4c3Cl)c12. The van der Waals surface area contributed by atoms with Gasteiger partial charge >= 0.3 is 6.01 Å². The van der Waals surface area contributed by atoms with Crippen molar-refractivity contribution in [1.82, 2.24) is 20.2 Å². The molecule has 0 radical (unpaired) electrons. The number of ether oxygens (including phenoxy) is 2. The maximum Gasteiger partial charge on any atom is 0.319 e. The number of hydrogen-bond acceptors (Lipinski definition) is 8.